The number of rotatable bonds is 3. The maximum absolute atomic E-state index is 10.2. The number of fused-ring (bicyclic) bond motifs is 2. The van der Waals surface area contributed by atoms with Crippen molar-refractivity contribution in [3.05, 3.63) is 58.6 Å². The van der Waals surface area contributed by atoms with Gasteiger partial charge in [0.15, 0.2) is 0 Å². The lowest BCUT2D eigenvalue weighted by atomic mass is 9.63. The Labute approximate surface area is 182 Å². The molecule has 8 heteroatoms. The minimum atomic E-state index is -2.90. The van der Waals surface area contributed by atoms with Gasteiger partial charge >= 0.3 is 0 Å². The quantitative estimate of drug-likeness (QED) is 0.646. The number of nitriles is 1. The van der Waals surface area contributed by atoms with Crippen LogP contribution in [0.5, 0.6) is 11.5 Å². The van der Waals surface area contributed by atoms with Crippen molar-refractivity contribution in [1.29, 1.82) is 5.26 Å². The summed E-state index contributed by atoms with van der Waals surface area (Å²) >= 11 is 5.99. The molecule has 1 saturated carbocycles. The molecular formula is C22H22ClN3O3S. The van der Waals surface area contributed by atoms with Crippen LogP contribution >= 0.6 is 22.4 Å². The van der Waals surface area contributed by atoms with Crippen LogP contribution < -0.4 is 4.74 Å². The Morgan fingerprint density at radius 2 is 1.83 bits per heavy atom. The van der Waals surface area contributed by atoms with E-state index in [9.17, 15) is 9.11 Å². The molecule has 30 heavy (non-hydrogen) atoms. The number of ether oxygens (including phenoxy) is 1. The molecule has 0 amide bonds. The second-order valence-electron chi connectivity index (χ2n) is 8.14. The average Bonchev–Trinajstić information content (AvgIpc) is 2.75. The maximum Gasteiger partial charge on any atom is 0.135 e. The van der Waals surface area contributed by atoms with E-state index >= 15 is 0 Å². The van der Waals surface area contributed by atoms with Gasteiger partial charge in [-0.15, -0.1) is 4.40 Å². The van der Waals surface area contributed by atoms with Crippen molar-refractivity contribution in [2.24, 2.45) is 4.40 Å². The first-order valence-corrected chi connectivity index (χ1v) is 12.1. The monoisotopic (exact) mass is 443 g/mol. The molecule has 2 N–H and O–H groups in total. The Hall–Kier alpha value is -2.24. The lowest BCUT2D eigenvalue weighted by Crippen LogP contribution is -2.62. The standard InChI is InChI=1S/C22H22ClN3O3S/c23-20-6-5-19(13-15(20)14-24)29-18-3-1-16(2-4-18)22-9-7-17(8-10-22)26-11-12-30(27,28)25-21(22)26/h1-6,13,17,27-28H,7-12H2. The van der Waals surface area contributed by atoms with Crippen LogP contribution in [-0.2, 0) is 5.41 Å². The number of piperidine rings is 2. The normalized spacial score (nSPS) is 27.6. The molecule has 3 aliphatic heterocycles. The summed E-state index contributed by atoms with van der Waals surface area (Å²) in [5, 5.41) is 9.54. The first kappa shape index (κ1) is 19.7. The van der Waals surface area contributed by atoms with Crippen LogP contribution in [-0.4, -0.2) is 38.2 Å². The van der Waals surface area contributed by atoms with Crippen molar-refractivity contribution in [2.45, 2.75) is 37.1 Å². The van der Waals surface area contributed by atoms with Gasteiger partial charge < -0.3 is 9.64 Å². The van der Waals surface area contributed by atoms with Gasteiger partial charge in [0, 0.05) is 18.7 Å². The summed E-state index contributed by atoms with van der Waals surface area (Å²) in [7, 11) is -2.90. The maximum atomic E-state index is 10.2. The van der Waals surface area contributed by atoms with Gasteiger partial charge in [-0.3, -0.25) is 9.11 Å². The second kappa shape index (κ2) is 7.17. The smallest absolute Gasteiger partial charge is 0.135 e. The summed E-state index contributed by atoms with van der Waals surface area (Å²) < 4.78 is 30.8. The third-order valence-corrected chi connectivity index (χ3v) is 8.01. The zero-order valence-electron chi connectivity index (χ0n) is 16.3. The van der Waals surface area contributed by atoms with Gasteiger partial charge in [0.2, 0.25) is 0 Å². The summed E-state index contributed by atoms with van der Waals surface area (Å²) in [5.74, 6) is 2.39. The van der Waals surface area contributed by atoms with E-state index in [1.807, 2.05) is 24.3 Å². The molecule has 0 spiro atoms. The number of hydrogen-bond acceptors (Lipinski definition) is 6. The van der Waals surface area contributed by atoms with E-state index in [4.69, 9.17) is 21.6 Å². The van der Waals surface area contributed by atoms with Crippen molar-refractivity contribution < 1.29 is 13.8 Å². The molecule has 0 atom stereocenters. The largest absolute Gasteiger partial charge is 0.457 e. The van der Waals surface area contributed by atoms with Crippen LogP contribution in [0.15, 0.2) is 46.9 Å². The predicted octanol–water partition coefficient (Wildman–Crippen LogP) is 5.58. The van der Waals surface area contributed by atoms with E-state index in [0.717, 1.165) is 37.1 Å². The number of halogens is 1. The molecule has 2 saturated heterocycles. The van der Waals surface area contributed by atoms with E-state index in [1.54, 1.807) is 18.2 Å². The van der Waals surface area contributed by atoms with Gasteiger partial charge in [-0.05, 0) is 55.5 Å². The Morgan fingerprint density at radius 3 is 2.53 bits per heavy atom. The zero-order chi connectivity index (χ0) is 20.9. The highest BCUT2D eigenvalue weighted by Gasteiger charge is 2.52. The first-order valence-electron chi connectivity index (χ1n) is 10.0. The summed E-state index contributed by atoms with van der Waals surface area (Å²) in [6, 6.07) is 15.4. The average molecular weight is 444 g/mol. The lowest BCUT2D eigenvalue weighted by Gasteiger charge is -2.57. The summed E-state index contributed by atoms with van der Waals surface area (Å²) in [6.07, 6.45) is 4.12. The highest BCUT2D eigenvalue weighted by atomic mass is 35.5. The molecule has 156 valence electrons. The van der Waals surface area contributed by atoms with Crippen LogP contribution in [0, 0.1) is 11.3 Å². The summed E-state index contributed by atoms with van der Waals surface area (Å²) in [4.78, 5) is 2.30. The molecule has 6 nitrogen and oxygen atoms in total. The second-order valence-corrected chi connectivity index (χ2v) is 10.4. The third-order valence-electron chi connectivity index (χ3n) is 6.49. The molecule has 0 unspecified atom stereocenters. The summed E-state index contributed by atoms with van der Waals surface area (Å²) in [6.45, 7) is 0.659. The molecule has 4 aliphatic rings. The van der Waals surface area contributed by atoms with Crippen LogP contribution in [0.1, 0.15) is 36.8 Å². The molecule has 0 radical (unpaired) electrons. The predicted molar refractivity (Wildman–Crippen MR) is 118 cm³/mol. The van der Waals surface area contributed by atoms with E-state index in [0.29, 0.717) is 40.4 Å². The fourth-order valence-corrected chi connectivity index (χ4v) is 6.21. The Balaban J connectivity index is 1.45. The van der Waals surface area contributed by atoms with Crippen LogP contribution in [0.3, 0.4) is 0 Å². The van der Waals surface area contributed by atoms with Crippen molar-refractivity contribution in [1.82, 2.24) is 4.90 Å². The molecule has 2 aromatic rings. The van der Waals surface area contributed by atoms with Gasteiger partial charge in [0.05, 0.1) is 21.8 Å². The van der Waals surface area contributed by atoms with Gasteiger partial charge in [0.25, 0.3) is 0 Å². The topological polar surface area (TPSA) is 89.1 Å². The van der Waals surface area contributed by atoms with E-state index in [1.165, 1.54) is 0 Å². The van der Waals surface area contributed by atoms with Gasteiger partial charge in [-0.2, -0.15) is 5.26 Å². The summed E-state index contributed by atoms with van der Waals surface area (Å²) in [5.41, 5.74) is 1.23. The van der Waals surface area contributed by atoms with Crippen LogP contribution in [0.4, 0.5) is 0 Å². The lowest BCUT2D eigenvalue weighted by molar-refractivity contribution is 0.150. The Morgan fingerprint density at radius 1 is 1.13 bits per heavy atom. The molecule has 3 fully saturated rings. The Kier molecular flexibility index (Phi) is 4.71. The number of hydrogen-bond donors (Lipinski definition) is 2. The van der Waals surface area contributed by atoms with Crippen LogP contribution in [0.2, 0.25) is 5.02 Å². The van der Waals surface area contributed by atoms with Crippen molar-refractivity contribution in [3.63, 3.8) is 0 Å². The highest BCUT2D eigenvalue weighted by Crippen LogP contribution is 2.54. The minimum Gasteiger partial charge on any atom is -0.457 e. The fourth-order valence-electron chi connectivity index (χ4n) is 4.96. The van der Waals surface area contributed by atoms with Crippen molar-refractivity contribution in [3.8, 4) is 17.6 Å². The molecule has 2 aromatic carbocycles. The van der Waals surface area contributed by atoms with Crippen molar-refractivity contribution in [2.75, 3.05) is 12.3 Å². The number of nitrogens with zero attached hydrogens (tertiary/aromatic N) is 3. The molecule has 3 heterocycles. The zero-order valence-corrected chi connectivity index (χ0v) is 17.9. The molecular weight excluding hydrogens is 422 g/mol. The van der Waals surface area contributed by atoms with E-state index in [-0.39, 0.29) is 5.41 Å². The van der Waals surface area contributed by atoms with Gasteiger partial charge in [0.1, 0.15) is 23.4 Å². The fraction of sp³-hybridized carbons (Fsp3) is 0.364. The molecule has 1 aliphatic carbocycles. The Bertz CT molecular complexity index is 1060. The highest BCUT2D eigenvalue weighted by molar-refractivity contribution is 8.23. The minimum absolute atomic E-state index is 0.272. The number of benzene rings is 2. The molecule has 2 bridgehead atoms. The van der Waals surface area contributed by atoms with Gasteiger partial charge in [-0.1, -0.05) is 34.5 Å². The first-order chi connectivity index (χ1) is 14.4. The van der Waals surface area contributed by atoms with E-state index in [2.05, 4.69) is 15.4 Å². The molecule has 0 aromatic heterocycles. The van der Waals surface area contributed by atoms with Crippen LogP contribution in [0.25, 0.3) is 0 Å². The van der Waals surface area contributed by atoms with E-state index < -0.39 is 10.8 Å². The van der Waals surface area contributed by atoms with Crippen molar-refractivity contribution >= 4 is 28.2 Å². The van der Waals surface area contributed by atoms with Gasteiger partial charge in [-0.25, -0.2) is 0 Å². The number of amidine groups is 1. The SMILES string of the molecule is N#Cc1cc(Oc2ccc(C34CCC(CC3)N3CCS(O)(O)N=C34)cc2)ccc1Cl. The third kappa shape index (κ3) is 3.25. The molecule has 6 rings (SSSR count).